The summed E-state index contributed by atoms with van der Waals surface area (Å²) in [6, 6.07) is 4.74. The van der Waals surface area contributed by atoms with Crippen LogP contribution < -0.4 is 0 Å². The topological polar surface area (TPSA) is 75.4 Å². The van der Waals surface area contributed by atoms with Crippen LogP contribution in [-0.2, 0) is 11.3 Å². The average Bonchev–Trinajstić information content (AvgIpc) is 3.08. The molecule has 1 saturated heterocycles. The summed E-state index contributed by atoms with van der Waals surface area (Å²) < 4.78 is 1.71. The Morgan fingerprint density at radius 2 is 2.00 bits per heavy atom. The van der Waals surface area contributed by atoms with Gasteiger partial charge in [-0.05, 0) is 31.0 Å². The van der Waals surface area contributed by atoms with Crippen LogP contribution in [0.2, 0.25) is 0 Å². The molecule has 3 rings (SSSR count). The fourth-order valence-electron chi connectivity index (χ4n) is 2.53. The minimum Gasteiger partial charge on any atom is -0.478 e. The van der Waals surface area contributed by atoms with Gasteiger partial charge in [-0.2, -0.15) is 0 Å². The molecule has 1 aromatic carbocycles. The van der Waals surface area contributed by atoms with Gasteiger partial charge in [0, 0.05) is 13.1 Å². The van der Waals surface area contributed by atoms with E-state index in [1.807, 2.05) is 4.90 Å². The van der Waals surface area contributed by atoms with Crippen LogP contribution in [-0.4, -0.2) is 44.5 Å². The smallest absolute Gasteiger partial charge is 0.335 e. The third-order valence-electron chi connectivity index (χ3n) is 3.63. The third-order valence-corrected chi connectivity index (χ3v) is 3.63. The second-order valence-electron chi connectivity index (χ2n) is 4.97. The lowest BCUT2D eigenvalue weighted by Gasteiger charge is -2.15. The summed E-state index contributed by atoms with van der Waals surface area (Å²) in [5.74, 6) is -0.923. The number of hydrogen-bond donors (Lipinski definition) is 1. The zero-order valence-corrected chi connectivity index (χ0v) is 11.0. The van der Waals surface area contributed by atoms with Crippen molar-refractivity contribution in [3.05, 3.63) is 30.1 Å². The zero-order chi connectivity index (χ0) is 14.1. The van der Waals surface area contributed by atoms with E-state index in [9.17, 15) is 9.59 Å². The van der Waals surface area contributed by atoms with Gasteiger partial charge in [0.05, 0.1) is 22.9 Å². The van der Waals surface area contributed by atoms with Crippen molar-refractivity contribution in [1.82, 2.24) is 14.5 Å². The number of imidazole rings is 1. The van der Waals surface area contributed by atoms with Crippen molar-refractivity contribution < 1.29 is 14.7 Å². The van der Waals surface area contributed by atoms with Gasteiger partial charge in [-0.25, -0.2) is 9.78 Å². The molecule has 2 aromatic rings. The molecule has 6 heteroatoms. The minimum atomic E-state index is -0.981. The number of fused-ring (bicyclic) bond motifs is 1. The molecule has 0 saturated carbocycles. The van der Waals surface area contributed by atoms with E-state index >= 15 is 0 Å². The number of aromatic carboxylic acids is 1. The molecule has 1 aliphatic rings. The molecule has 1 aliphatic heterocycles. The van der Waals surface area contributed by atoms with Gasteiger partial charge in [0.1, 0.15) is 6.54 Å². The van der Waals surface area contributed by atoms with Crippen LogP contribution in [0, 0.1) is 0 Å². The molecule has 20 heavy (non-hydrogen) atoms. The summed E-state index contributed by atoms with van der Waals surface area (Å²) in [6.45, 7) is 1.83. The van der Waals surface area contributed by atoms with Crippen molar-refractivity contribution in [1.29, 1.82) is 0 Å². The maximum atomic E-state index is 12.1. The summed E-state index contributed by atoms with van der Waals surface area (Å²) in [5.41, 5.74) is 1.58. The predicted octanol–water partition coefficient (Wildman–Crippen LogP) is 1.36. The molecule has 2 heterocycles. The number of benzene rings is 1. The first-order valence-corrected chi connectivity index (χ1v) is 6.61. The fraction of sp³-hybridized carbons (Fsp3) is 0.357. The van der Waals surface area contributed by atoms with Crippen molar-refractivity contribution in [3.63, 3.8) is 0 Å². The molecule has 0 radical (unpaired) electrons. The van der Waals surface area contributed by atoms with E-state index in [4.69, 9.17) is 5.11 Å². The van der Waals surface area contributed by atoms with E-state index in [2.05, 4.69) is 4.98 Å². The summed E-state index contributed by atoms with van der Waals surface area (Å²) in [7, 11) is 0. The number of hydrogen-bond acceptors (Lipinski definition) is 3. The lowest BCUT2D eigenvalue weighted by molar-refractivity contribution is -0.130. The van der Waals surface area contributed by atoms with Gasteiger partial charge in [-0.3, -0.25) is 4.79 Å². The lowest BCUT2D eigenvalue weighted by atomic mass is 10.2. The van der Waals surface area contributed by atoms with Crippen molar-refractivity contribution in [2.45, 2.75) is 19.4 Å². The van der Waals surface area contributed by atoms with Gasteiger partial charge in [0.25, 0.3) is 0 Å². The molecule has 1 amide bonds. The van der Waals surface area contributed by atoms with Crippen LogP contribution in [0.3, 0.4) is 0 Å². The van der Waals surface area contributed by atoms with Gasteiger partial charge in [-0.15, -0.1) is 0 Å². The molecule has 1 fully saturated rings. The van der Waals surface area contributed by atoms with E-state index in [1.54, 1.807) is 23.0 Å². The molecular formula is C14H15N3O3. The van der Waals surface area contributed by atoms with Crippen LogP contribution in [0.4, 0.5) is 0 Å². The highest BCUT2D eigenvalue weighted by Gasteiger charge is 2.19. The highest BCUT2D eigenvalue weighted by Crippen LogP contribution is 2.16. The van der Waals surface area contributed by atoms with E-state index < -0.39 is 5.97 Å². The van der Waals surface area contributed by atoms with Crippen LogP contribution in [0.1, 0.15) is 23.2 Å². The molecule has 0 atom stereocenters. The Morgan fingerprint density at radius 3 is 2.70 bits per heavy atom. The van der Waals surface area contributed by atoms with Gasteiger partial charge < -0.3 is 14.6 Å². The highest BCUT2D eigenvalue weighted by molar-refractivity contribution is 5.92. The van der Waals surface area contributed by atoms with Crippen molar-refractivity contribution in [3.8, 4) is 0 Å². The quantitative estimate of drug-likeness (QED) is 0.916. The fourth-order valence-corrected chi connectivity index (χ4v) is 2.53. The molecule has 104 valence electrons. The second kappa shape index (κ2) is 4.96. The number of carboxylic acids is 1. The van der Waals surface area contributed by atoms with Gasteiger partial charge in [0.2, 0.25) is 5.91 Å². The van der Waals surface area contributed by atoms with Gasteiger partial charge in [-0.1, -0.05) is 0 Å². The third kappa shape index (κ3) is 2.24. The molecule has 6 nitrogen and oxygen atoms in total. The van der Waals surface area contributed by atoms with Crippen LogP contribution in [0.25, 0.3) is 11.0 Å². The van der Waals surface area contributed by atoms with Crippen molar-refractivity contribution in [2.75, 3.05) is 13.1 Å². The largest absolute Gasteiger partial charge is 0.478 e. The minimum absolute atomic E-state index is 0.0579. The Labute approximate surface area is 115 Å². The van der Waals surface area contributed by atoms with Crippen LogP contribution in [0.5, 0.6) is 0 Å². The molecule has 0 aliphatic carbocycles. The summed E-state index contributed by atoms with van der Waals surface area (Å²) in [5, 5.41) is 9.02. The Kier molecular flexibility index (Phi) is 3.14. The van der Waals surface area contributed by atoms with E-state index in [-0.39, 0.29) is 18.0 Å². The number of aromatic nitrogens is 2. The maximum absolute atomic E-state index is 12.1. The molecule has 1 aromatic heterocycles. The number of carbonyl (C=O) groups is 2. The van der Waals surface area contributed by atoms with E-state index in [0.29, 0.717) is 11.0 Å². The molecule has 1 N–H and O–H groups in total. The average molecular weight is 273 g/mol. The first-order chi connectivity index (χ1) is 9.65. The summed E-state index contributed by atoms with van der Waals surface area (Å²) in [4.78, 5) is 29.2. The van der Waals surface area contributed by atoms with E-state index in [0.717, 1.165) is 25.9 Å². The zero-order valence-electron chi connectivity index (χ0n) is 11.0. The summed E-state index contributed by atoms with van der Waals surface area (Å²) >= 11 is 0. The first-order valence-electron chi connectivity index (χ1n) is 6.61. The monoisotopic (exact) mass is 273 g/mol. The van der Waals surface area contributed by atoms with Gasteiger partial charge >= 0.3 is 5.97 Å². The number of likely N-dealkylation sites (tertiary alicyclic amines) is 1. The predicted molar refractivity (Wildman–Crippen MR) is 72.5 cm³/mol. The SMILES string of the molecule is O=C(O)c1ccc2ncn(CC(=O)N3CCCC3)c2c1. The number of amides is 1. The van der Waals surface area contributed by atoms with Crippen LogP contribution >= 0.6 is 0 Å². The Hall–Kier alpha value is -2.37. The summed E-state index contributed by atoms with van der Waals surface area (Å²) in [6.07, 6.45) is 3.70. The number of carbonyl (C=O) groups excluding carboxylic acids is 1. The normalized spacial score (nSPS) is 14.9. The Balaban J connectivity index is 1.89. The first kappa shape index (κ1) is 12.7. The highest BCUT2D eigenvalue weighted by atomic mass is 16.4. The lowest BCUT2D eigenvalue weighted by Crippen LogP contribution is -2.30. The molecular weight excluding hydrogens is 258 g/mol. The van der Waals surface area contributed by atoms with Gasteiger partial charge in [0.15, 0.2) is 0 Å². The maximum Gasteiger partial charge on any atom is 0.335 e. The van der Waals surface area contributed by atoms with Crippen LogP contribution in [0.15, 0.2) is 24.5 Å². The van der Waals surface area contributed by atoms with Crippen molar-refractivity contribution >= 4 is 22.9 Å². The Bertz CT molecular complexity index is 671. The standard InChI is InChI=1S/C14H15N3O3/c18-13(16-5-1-2-6-16)8-17-9-15-11-4-3-10(14(19)20)7-12(11)17/h3-4,7,9H,1-2,5-6,8H2,(H,19,20). The molecule has 0 spiro atoms. The van der Waals surface area contributed by atoms with E-state index in [1.165, 1.54) is 6.07 Å². The number of rotatable bonds is 3. The second-order valence-corrected chi connectivity index (χ2v) is 4.97. The molecule has 0 bridgehead atoms. The molecule has 0 unspecified atom stereocenters. The number of carboxylic acid groups (broad SMARTS) is 1. The van der Waals surface area contributed by atoms with Crippen molar-refractivity contribution in [2.24, 2.45) is 0 Å². The Morgan fingerprint density at radius 1 is 1.25 bits per heavy atom. The number of nitrogens with zero attached hydrogens (tertiary/aromatic N) is 3.